The molecule has 1 amide bonds. The third kappa shape index (κ3) is 6.92. The van der Waals surface area contributed by atoms with Gasteiger partial charge in [0, 0.05) is 5.56 Å². The summed E-state index contributed by atoms with van der Waals surface area (Å²) in [7, 11) is 0. The molecule has 0 saturated carbocycles. The third-order valence-electron chi connectivity index (χ3n) is 6.61. The Labute approximate surface area is 263 Å². The summed E-state index contributed by atoms with van der Waals surface area (Å²) >= 11 is 0. The van der Waals surface area contributed by atoms with E-state index in [2.05, 4.69) is 20.6 Å². The maximum atomic E-state index is 13.1. The van der Waals surface area contributed by atoms with Crippen molar-refractivity contribution in [2.24, 2.45) is 5.10 Å². The van der Waals surface area contributed by atoms with Crippen LogP contribution in [0.5, 0.6) is 11.5 Å². The Balaban J connectivity index is 1.23. The van der Waals surface area contributed by atoms with Crippen LogP contribution in [-0.2, 0) is 0 Å². The minimum Gasteiger partial charge on any atom is -0.419 e. The molecule has 10 heteroatoms. The van der Waals surface area contributed by atoms with Gasteiger partial charge < -0.3 is 9.47 Å². The molecule has 0 bridgehead atoms. The van der Waals surface area contributed by atoms with Crippen LogP contribution in [-0.4, -0.2) is 38.8 Å². The molecule has 1 N–H and O–H groups in total. The van der Waals surface area contributed by atoms with Crippen LogP contribution in [0.15, 0.2) is 145 Å². The van der Waals surface area contributed by atoms with Crippen LogP contribution in [0.1, 0.15) is 36.9 Å². The van der Waals surface area contributed by atoms with Gasteiger partial charge in [0.15, 0.2) is 17.3 Å². The van der Waals surface area contributed by atoms with Crippen molar-refractivity contribution >= 4 is 24.1 Å². The highest BCUT2D eigenvalue weighted by molar-refractivity contribution is 5.94. The fourth-order valence-electron chi connectivity index (χ4n) is 4.38. The number of ether oxygens (including phenoxy) is 2. The molecule has 0 spiro atoms. The lowest BCUT2D eigenvalue weighted by Crippen LogP contribution is -2.19. The van der Waals surface area contributed by atoms with Crippen molar-refractivity contribution in [1.82, 2.24) is 20.2 Å². The van der Waals surface area contributed by atoms with Crippen LogP contribution in [0, 0.1) is 0 Å². The first-order chi connectivity index (χ1) is 22.5. The van der Waals surface area contributed by atoms with Gasteiger partial charge in [0.2, 0.25) is 5.82 Å². The molecule has 0 radical (unpaired) electrons. The molecule has 0 saturated heterocycles. The number of carbonyl (C=O) groups excluding carboxylic acids is 3. The molecule has 0 aliphatic heterocycles. The number of hydrogen-bond acceptors (Lipinski definition) is 8. The van der Waals surface area contributed by atoms with Gasteiger partial charge >= 0.3 is 17.8 Å². The second-order valence-electron chi connectivity index (χ2n) is 9.79. The van der Waals surface area contributed by atoms with Crippen LogP contribution in [0.4, 0.5) is 0 Å². The number of carbonyl (C=O) groups is 3. The van der Waals surface area contributed by atoms with E-state index in [4.69, 9.17) is 9.47 Å². The van der Waals surface area contributed by atoms with Crippen molar-refractivity contribution in [3.8, 4) is 28.6 Å². The molecule has 46 heavy (non-hydrogen) atoms. The Morgan fingerprint density at radius 3 is 1.80 bits per heavy atom. The van der Waals surface area contributed by atoms with E-state index in [9.17, 15) is 14.4 Å². The van der Waals surface area contributed by atoms with Gasteiger partial charge in [0.1, 0.15) is 0 Å². The summed E-state index contributed by atoms with van der Waals surface area (Å²) in [6.45, 7) is 0. The van der Waals surface area contributed by atoms with Gasteiger partial charge in [-0.25, -0.2) is 24.7 Å². The van der Waals surface area contributed by atoms with E-state index >= 15 is 0 Å². The molecule has 6 aromatic rings. The number of benzene rings is 5. The van der Waals surface area contributed by atoms with Crippen LogP contribution in [0.25, 0.3) is 17.1 Å². The van der Waals surface area contributed by atoms with E-state index in [0.29, 0.717) is 22.5 Å². The number of amides is 1. The van der Waals surface area contributed by atoms with Crippen molar-refractivity contribution in [1.29, 1.82) is 0 Å². The monoisotopic (exact) mass is 607 g/mol. The number of esters is 2. The van der Waals surface area contributed by atoms with Crippen molar-refractivity contribution in [3.05, 3.63) is 162 Å². The fraction of sp³-hybridized carbons (Fsp3) is 0. The Morgan fingerprint density at radius 2 is 1.20 bits per heavy atom. The zero-order valence-electron chi connectivity index (χ0n) is 24.2. The van der Waals surface area contributed by atoms with Gasteiger partial charge in [-0.2, -0.15) is 5.10 Å². The number of para-hydroxylation sites is 1. The van der Waals surface area contributed by atoms with Crippen molar-refractivity contribution < 1.29 is 23.9 Å². The quantitative estimate of drug-likeness (QED) is 0.0906. The standard InChI is InChI=1S/C36H25N5O5/c42-34(32-38-33(26-13-5-1-6-14-26)41(40-32)29-19-11-4-12-20-29)39-37-24-25-21-22-30(45-35(43)27-15-7-2-8-16-27)31(23-25)46-36(44)28-17-9-3-10-18-28/h1-24H,(H,39,42)/b37-24-. The Hall–Kier alpha value is -6.68. The molecule has 6 rings (SSSR count). The summed E-state index contributed by atoms with van der Waals surface area (Å²) in [5.41, 5.74) is 5.05. The Morgan fingerprint density at radius 1 is 0.652 bits per heavy atom. The normalized spacial score (nSPS) is 10.8. The van der Waals surface area contributed by atoms with Crippen molar-refractivity contribution in [2.75, 3.05) is 0 Å². The molecule has 10 nitrogen and oxygen atoms in total. The van der Waals surface area contributed by atoms with Crippen molar-refractivity contribution in [2.45, 2.75) is 0 Å². The molecule has 0 unspecified atom stereocenters. The van der Waals surface area contributed by atoms with E-state index < -0.39 is 17.8 Å². The first-order valence-corrected chi connectivity index (χ1v) is 14.1. The molecule has 0 aliphatic carbocycles. The van der Waals surface area contributed by atoms with E-state index in [1.807, 2.05) is 60.7 Å². The minimum absolute atomic E-state index is 0.0100. The summed E-state index contributed by atoms with van der Waals surface area (Å²) in [6, 6.07) is 40.2. The summed E-state index contributed by atoms with van der Waals surface area (Å²) in [5.74, 6) is -1.47. The fourth-order valence-corrected chi connectivity index (χ4v) is 4.38. The molecular formula is C36H25N5O5. The second-order valence-corrected chi connectivity index (χ2v) is 9.79. The number of nitrogens with zero attached hydrogens (tertiary/aromatic N) is 4. The Bertz CT molecular complexity index is 1960. The third-order valence-corrected chi connectivity index (χ3v) is 6.61. The summed E-state index contributed by atoms with van der Waals surface area (Å²) in [5, 5.41) is 8.49. The first kappa shape index (κ1) is 29.4. The van der Waals surface area contributed by atoms with Gasteiger partial charge in [-0.05, 0) is 60.2 Å². The average Bonchev–Trinajstić information content (AvgIpc) is 3.57. The van der Waals surface area contributed by atoms with E-state index in [1.54, 1.807) is 71.4 Å². The number of nitrogens with one attached hydrogen (secondary N) is 1. The molecule has 1 aromatic heterocycles. The summed E-state index contributed by atoms with van der Waals surface area (Å²) in [6.07, 6.45) is 1.35. The van der Waals surface area contributed by atoms with Crippen LogP contribution in [0.2, 0.25) is 0 Å². The molecule has 224 valence electrons. The zero-order chi connectivity index (χ0) is 31.7. The second kappa shape index (κ2) is 13.7. The minimum atomic E-state index is -0.644. The van der Waals surface area contributed by atoms with Gasteiger partial charge in [-0.1, -0.05) is 84.9 Å². The lowest BCUT2D eigenvalue weighted by Gasteiger charge is -2.11. The van der Waals surface area contributed by atoms with E-state index in [-0.39, 0.29) is 17.3 Å². The molecule has 0 fully saturated rings. The molecular weight excluding hydrogens is 582 g/mol. The SMILES string of the molecule is O=C(Oc1ccc(/C=N\NC(=O)c2nc(-c3ccccc3)n(-c3ccccc3)n2)cc1OC(=O)c1ccccc1)c1ccccc1. The zero-order valence-corrected chi connectivity index (χ0v) is 24.2. The molecule has 0 atom stereocenters. The molecule has 0 aliphatic rings. The topological polar surface area (TPSA) is 125 Å². The largest absolute Gasteiger partial charge is 0.419 e. The maximum absolute atomic E-state index is 13.1. The molecule has 5 aromatic carbocycles. The van der Waals surface area contributed by atoms with Crippen LogP contribution < -0.4 is 14.9 Å². The van der Waals surface area contributed by atoms with Gasteiger partial charge in [0.05, 0.1) is 23.0 Å². The highest BCUT2D eigenvalue weighted by atomic mass is 16.6. The van der Waals surface area contributed by atoms with E-state index in [0.717, 1.165) is 11.3 Å². The summed E-state index contributed by atoms with van der Waals surface area (Å²) < 4.78 is 12.8. The average molecular weight is 608 g/mol. The Kier molecular flexibility index (Phi) is 8.78. The van der Waals surface area contributed by atoms with Crippen molar-refractivity contribution in [3.63, 3.8) is 0 Å². The number of rotatable bonds is 9. The van der Waals surface area contributed by atoms with Gasteiger partial charge in [-0.15, -0.1) is 5.10 Å². The predicted octanol–water partition coefficient (Wildman–Crippen LogP) is 6.14. The highest BCUT2D eigenvalue weighted by Crippen LogP contribution is 2.30. The van der Waals surface area contributed by atoms with Crippen LogP contribution in [0.3, 0.4) is 0 Å². The summed E-state index contributed by atoms with van der Waals surface area (Å²) in [4.78, 5) is 43.1. The lowest BCUT2D eigenvalue weighted by molar-refractivity contribution is 0.0682. The van der Waals surface area contributed by atoms with Gasteiger partial charge in [-0.3, -0.25) is 4.79 Å². The lowest BCUT2D eigenvalue weighted by atomic mass is 10.2. The first-order valence-electron chi connectivity index (χ1n) is 14.1. The highest BCUT2D eigenvalue weighted by Gasteiger charge is 2.19. The number of hydrazone groups is 1. The van der Waals surface area contributed by atoms with Crippen LogP contribution >= 0.6 is 0 Å². The predicted molar refractivity (Wildman–Crippen MR) is 171 cm³/mol. The molecule has 1 heterocycles. The smallest absolute Gasteiger partial charge is 0.343 e. The number of hydrogen-bond donors (Lipinski definition) is 1. The van der Waals surface area contributed by atoms with E-state index in [1.165, 1.54) is 18.3 Å². The number of aromatic nitrogens is 3. The van der Waals surface area contributed by atoms with Gasteiger partial charge in [0.25, 0.3) is 0 Å². The maximum Gasteiger partial charge on any atom is 0.343 e.